The molecule has 154 valence electrons. The molecule has 0 saturated carbocycles. The first-order valence-electron chi connectivity index (χ1n) is 8.08. The van der Waals surface area contributed by atoms with E-state index in [1.165, 1.54) is 18.2 Å². The van der Waals surface area contributed by atoms with E-state index in [9.17, 15) is 26.7 Å². The first-order valence-corrected chi connectivity index (χ1v) is 8.45. The van der Waals surface area contributed by atoms with E-state index in [-0.39, 0.29) is 11.1 Å². The van der Waals surface area contributed by atoms with Gasteiger partial charge in [-0.2, -0.15) is 18.3 Å². The van der Waals surface area contributed by atoms with Gasteiger partial charge < -0.3 is 5.32 Å². The van der Waals surface area contributed by atoms with Gasteiger partial charge in [-0.05, 0) is 17.7 Å². The second-order valence-electron chi connectivity index (χ2n) is 6.23. The zero-order chi connectivity index (χ0) is 21.6. The van der Waals surface area contributed by atoms with Gasteiger partial charge >= 0.3 is 6.18 Å². The fourth-order valence-electron chi connectivity index (χ4n) is 2.89. The largest absolute Gasteiger partial charge is 0.436 e. The van der Waals surface area contributed by atoms with Crippen molar-refractivity contribution in [3.8, 4) is 0 Å². The van der Waals surface area contributed by atoms with Crippen molar-refractivity contribution in [3.63, 3.8) is 0 Å². The molecule has 1 amide bonds. The summed E-state index contributed by atoms with van der Waals surface area (Å²) in [6.07, 6.45) is -1.53. The maximum Gasteiger partial charge on any atom is 0.436 e. The van der Waals surface area contributed by atoms with Gasteiger partial charge in [0, 0.05) is 19.0 Å². The molecule has 3 rings (SSSR count). The van der Waals surface area contributed by atoms with Gasteiger partial charge in [0.15, 0.2) is 17.3 Å². The summed E-state index contributed by atoms with van der Waals surface area (Å²) in [4.78, 5) is 12.5. The van der Waals surface area contributed by atoms with E-state index in [1.807, 2.05) is 5.32 Å². The Morgan fingerprint density at radius 3 is 2.59 bits per heavy atom. The molecule has 0 bridgehead atoms. The standard InChI is InChI=1S/C18H12ClF6N3O/c1-28-15(19)13(14(27-28)18(23,24)25)16(29)26-17(22)7-3-2-4-10(17)9-5-6-11(20)12(21)8-9/h2-6,8H,7H2,1H3,(H,26,29). The summed E-state index contributed by atoms with van der Waals surface area (Å²) in [5.74, 6) is -6.56. The number of amides is 1. The Morgan fingerprint density at radius 2 is 1.97 bits per heavy atom. The summed E-state index contributed by atoms with van der Waals surface area (Å²) >= 11 is 5.77. The average molecular weight is 436 g/mol. The van der Waals surface area contributed by atoms with Crippen molar-refractivity contribution in [2.45, 2.75) is 18.4 Å². The van der Waals surface area contributed by atoms with Crippen molar-refractivity contribution in [1.29, 1.82) is 0 Å². The molecule has 1 unspecified atom stereocenters. The molecule has 1 aliphatic rings. The zero-order valence-corrected chi connectivity index (χ0v) is 15.4. The molecule has 1 aromatic heterocycles. The van der Waals surface area contributed by atoms with Gasteiger partial charge in [0.25, 0.3) is 5.91 Å². The predicted molar refractivity (Wildman–Crippen MR) is 92.6 cm³/mol. The molecule has 1 atom stereocenters. The van der Waals surface area contributed by atoms with Crippen LogP contribution in [0.4, 0.5) is 26.3 Å². The third kappa shape index (κ3) is 3.89. The summed E-state index contributed by atoms with van der Waals surface area (Å²) in [5, 5.41) is 4.42. The van der Waals surface area contributed by atoms with Crippen molar-refractivity contribution in [3.05, 3.63) is 70.0 Å². The molecular weight excluding hydrogens is 424 g/mol. The van der Waals surface area contributed by atoms with Crippen molar-refractivity contribution in [1.82, 2.24) is 15.1 Å². The smallest absolute Gasteiger partial charge is 0.316 e. The number of benzene rings is 1. The molecule has 1 heterocycles. The number of aryl methyl sites for hydroxylation is 1. The van der Waals surface area contributed by atoms with E-state index < -0.39 is 52.3 Å². The number of hydrogen-bond donors (Lipinski definition) is 1. The minimum Gasteiger partial charge on any atom is -0.316 e. The number of nitrogens with one attached hydrogen (secondary N) is 1. The highest BCUT2D eigenvalue weighted by atomic mass is 35.5. The molecule has 2 aromatic rings. The average Bonchev–Trinajstić information content (AvgIpc) is 2.93. The maximum absolute atomic E-state index is 15.6. The SMILES string of the molecule is Cn1nc(C(F)(F)F)c(C(=O)NC2(F)CC=CC=C2c2ccc(F)c(F)c2)c1Cl. The van der Waals surface area contributed by atoms with Crippen LogP contribution in [0.1, 0.15) is 28.0 Å². The maximum atomic E-state index is 15.6. The molecule has 0 fully saturated rings. The number of aromatic nitrogens is 2. The Morgan fingerprint density at radius 1 is 1.28 bits per heavy atom. The number of rotatable bonds is 3. The van der Waals surface area contributed by atoms with Crippen molar-refractivity contribution in [2.24, 2.45) is 7.05 Å². The molecule has 29 heavy (non-hydrogen) atoms. The molecule has 0 radical (unpaired) electrons. The van der Waals surface area contributed by atoms with Gasteiger partial charge in [-0.15, -0.1) is 0 Å². The third-order valence-electron chi connectivity index (χ3n) is 4.24. The van der Waals surface area contributed by atoms with Crippen LogP contribution in [0, 0.1) is 11.6 Å². The molecule has 1 N–H and O–H groups in total. The number of nitrogens with zero attached hydrogens (tertiary/aromatic N) is 2. The number of hydrogen-bond acceptors (Lipinski definition) is 2. The third-order valence-corrected chi connectivity index (χ3v) is 4.67. The first kappa shape index (κ1) is 21.0. The molecular formula is C18H12ClF6N3O. The molecule has 0 aliphatic heterocycles. The molecule has 11 heteroatoms. The summed E-state index contributed by atoms with van der Waals surface area (Å²) in [6.45, 7) is 0. The van der Waals surface area contributed by atoms with E-state index in [4.69, 9.17) is 11.6 Å². The monoisotopic (exact) mass is 435 g/mol. The highest BCUT2D eigenvalue weighted by molar-refractivity contribution is 6.33. The van der Waals surface area contributed by atoms with Gasteiger partial charge in [-0.3, -0.25) is 9.48 Å². The summed E-state index contributed by atoms with van der Waals surface area (Å²) in [6, 6.07) is 2.58. The van der Waals surface area contributed by atoms with Crippen LogP contribution in [-0.2, 0) is 13.2 Å². The van der Waals surface area contributed by atoms with E-state index in [1.54, 1.807) is 0 Å². The lowest BCUT2D eigenvalue weighted by Gasteiger charge is -2.30. The normalized spacial score (nSPS) is 19.2. The van der Waals surface area contributed by atoms with Gasteiger partial charge in [-0.1, -0.05) is 35.9 Å². The van der Waals surface area contributed by atoms with E-state index >= 15 is 4.39 Å². The number of halogens is 7. The van der Waals surface area contributed by atoms with Crippen molar-refractivity contribution < 1.29 is 31.1 Å². The van der Waals surface area contributed by atoms with Crippen LogP contribution in [0.15, 0.2) is 36.4 Å². The number of allylic oxidation sites excluding steroid dienone is 2. The summed E-state index contributed by atoms with van der Waals surface area (Å²) in [7, 11) is 1.09. The van der Waals surface area contributed by atoms with Crippen LogP contribution in [0.5, 0.6) is 0 Å². The van der Waals surface area contributed by atoms with Gasteiger partial charge in [0.1, 0.15) is 10.7 Å². The molecule has 0 spiro atoms. The quantitative estimate of drug-likeness (QED) is 0.555. The van der Waals surface area contributed by atoms with Crippen molar-refractivity contribution >= 4 is 23.1 Å². The second-order valence-corrected chi connectivity index (χ2v) is 6.59. The van der Waals surface area contributed by atoms with Gasteiger partial charge in [0.05, 0.1) is 0 Å². The number of carbonyl (C=O) groups is 1. The summed E-state index contributed by atoms with van der Waals surface area (Å²) in [5.41, 5.74) is -2.97. The molecule has 1 aromatic carbocycles. The van der Waals surface area contributed by atoms with Crippen LogP contribution in [0.25, 0.3) is 5.57 Å². The highest BCUT2D eigenvalue weighted by Gasteiger charge is 2.44. The van der Waals surface area contributed by atoms with Gasteiger partial charge in [0.2, 0.25) is 5.79 Å². The van der Waals surface area contributed by atoms with Crippen molar-refractivity contribution in [2.75, 3.05) is 0 Å². The lowest BCUT2D eigenvalue weighted by atomic mass is 9.89. The fourth-order valence-corrected chi connectivity index (χ4v) is 3.10. The Bertz CT molecular complexity index is 1040. The minimum absolute atomic E-state index is 0.0932. The van der Waals surface area contributed by atoms with Crippen LogP contribution in [-0.4, -0.2) is 21.5 Å². The van der Waals surface area contributed by atoms with Crippen LogP contribution in [0.2, 0.25) is 5.15 Å². The van der Waals surface area contributed by atoms with E-state index in [0.717, 1.165) is 25.2 Å². The highest BCUT2D eigenvalue weighted by Crippen LogP contribution is 2.38. The molecule has 1 aliphatic carbocycles. The van der Waals surface area contributed by atoms with Crippen LogP contribution < -0.4 is 5.32 Å². The van der Waals surface area contributed by atoms with E-state index in [0.29, 0.717) is 4.68 Å². The van der Waals surface area contributed by atoms with Gasteiger partial charge in [-0.25, -0.2) is 13.2 Å². The number of alkyl halides is 4. The Hall–Kier alpha value is -2.75. The lowest BCUT2D eigenvalue weighted by Crippen LogP contribution is -2.46. The predicted octanol–water partition coefficient (Wildman–Crippen LogP) is 4.81. The Kier molecular flexibility index (Phi) is 5.24. The Labute approximate surface area is 165 Å². The molecule has 4 nitrogen and oxygen atoms in total. The second kappa shape index (κ2) is 7.25. The topological polar surface area (TPSA) is 46.9 Å². The van der Waals surface area contributed by atoms with Crippen LogP contribution in [0.3, 0.4) is 0 Å². The first-order chi connectivity index (χ1) is 13.4. The minimum atomic E-state index is -5.01. The number of carbonyl (C=O) groups excluding carboxylic acids is 1. The fraction of sp³-hybridized carbons (Fsp3) is 0.222. The molecule has 0 saturated heterocycles. The lowest BCUT2D eigenvalue weighted by molar-refractivity contribution is -0.141. The Balaban J connectivity index is 2.00. The van der Waals surface area contributed by atoms with Crippen LogP contribution >= 0.6 is 11.6 Å². The van der Waals surface area contributed by atoms with E-state index in [2.05, 4.69) is 5.10 Å². The zero-order valence-electron chi connectivity index (χ0n) is 14.6. The summed E-state index contributed by atoms with van der Waals surface area (Å²) < 4.78 is 82.6.